The Morgan fingerprint density at radius 2 is 1.73 bits per heavy atom. The van der Waals surface area contributed by atoms with Crippen molar-refractivity contribution in [3.8, 4) is 0 Å². The molecule has 82 valence electrons. The van der Waals surface area contributed by atoms with E-state index in [1.54, 1.807) is 0 Å². The van der Waals surface area contributed by atoms with Crippen LogP contribution in [0.5, 0.6) is 0 Å². The van der Waals surface area contributed by atoms with Gasteiger partial charge in [-0.15, -0.1) is 0 Å². The van der Waals surface area contributed by atoms with Gasteiger partial charge in [-0.2, -0.15) is 0 Å². The lowest BCUT2D eigenvalue weighted by molar-refractivity contribution is 0.0984. The van der Waals surface area contributed by atoms with Gasteiger partial charge in [-0.05, 0) is 62.6 Å². The number of nitrogens with two attached hydrogens (primary N) is 1. The Bertz CT molecular complexity index is 394. The lowest BCUT2D eigenvalue weighted by Gasteiger charge is -2.13. The Morgan fingerprint density at radius 3 is 2.27 bits per heavy atom. The van der Waals surface area contributed by atoms with Gasteiger partial charge in [0.2, 0.25) is 0 Å². The van der Waals surface area contributed by atoms with E-state index in [0.29, 0.717) is 13.0 Å². The number of hydrogen-bond acceptors (Lipinski definition) is 2. The predicted octanol–water partition coefficient (Wildman–Crippen LogP) is 2.45. The number of ketones is 1. The van der Waals surface area contributed by atoms with E-state index < -0.39 is 0 Å². The normalized spacial score (nSPS) is 10.5. The molecule has 0 aromatic heterocycles. The molecule has 2 heteroatoms. The number of rotatable bonds is 3. The van der Waals surface area contributed by atoms with Crippen LogP contribution in [0.2, 0.25) is 0 Å². The minimum Gasteiger partial charge on any atom is -0.330 e. The molecule has 1 rings (SSSR count). The second kappa shape index (κ2) is 4.58. The van der Waals surface area contributed by atoms with Gasteiger partial charge in [0, 0.05) is 12.0 Å². The zero-order valence-corrected chi connectivity index (χ0v) is 9.98. The van der Waals surface area contributed by atoms with Crippen molar-refractivity contribution in [2.75, 3.05) is 6.54 Å². The summed E-state index contributed by atoms with van der Waals surface area (Å²) in [6, 6.07) is 1.98. The van der Waals surface area contributed by atoms with E-state index in [0.717, 1.165) is 11.1 Å². The maximum Gasteiger partial charge on any atom is 0.164 e. The lowest BCUT2D eigenvalue weighted by atomic mass is 9.92. The van der Waals surface area contributed by atoms with E-state index in [-0.39, 0.29) is 5.78 Å². The molecule has 0 aliphatic rings. The second-order valence-corrected chi connectivity index (χ2v) is 4.08. The summed E-state index contributed by atoms with van der Waals surface area (Å²) < 4.78 is 0. The molecule has 0 heterocycles. The molecule has 0 radical (unpaired) electrons. The fourth-order valence-electron chi connectivity index (χ4n) is 1.77. The van der Waals surface area contributed by atoms with Crippen LogP contribution >= 0.6 is 0 Å². The van der Waals surface area contributed by atoms with Crippen molar-refractivity contribution >= 4 is 5.78 Å². The van der Waals surface area contributed by atoms with Crippen LogP contribution in [0.3, 0.4) is 0 Å². The van der Waals surface area contributed by atoms with Crippen LogP contribution in [-0.2, 0) is 0 Å². The van der Waals surface area contributed by atoms with Crippen molar-refractivity contribution < 1.29 is 4.79 Å². The Labute approximate surface area is 91.5 Å². The highest BCUT2D eigenvalue weighted by molar-refractivity contribution is 5.98. The minimum atomic E-state index is 0.154. The molecule has 0 saturated carbocycles. The molecule has 0 atom stereocenters. The fraction of sp³-hybridized carbons (Fsp3) is 0.462. The van der Waals surface area contributed by atoms with Crippen LogP contribution < -0.4 is 5.73 Å². The third-order valence-electron chi connectivity index (χ3n) is 3.15. The smallest absolute Gasteiger partial charge is 0.164 e. The van der Waals surface area contributed by atoms with Crippen LogP contribution in [0.4, 0.5) is 0 Å². The second-order valence-electron chi connectivity index (χ2n) is 4.08. The van der Waals surface area contributed by atoms with E-state index in [4.69, 9.17) is 5.73 Å². The van der Waals surface area contributed by atoms with E-state index in [1.807, 2.05) is 19.9 Å². The molecule has 2 nitrogen and oxygen atoms in total. The van der Waals surface area contributed by atoms with Gasteiger partial charge in [0.05, 0.1) is 0 Å². The molecule has 0 amide bonds. The van der Waals surface area contributed by atoms with Crippen LogP contribution in [-0.4, -0.2) is 12.3 Å². The van der Waals surface area contributed by atoms with Gasteiger partial charge in [0.25, 0.3) is 0 Å². The van der Waals surface area contributed by atoms with Gasteiger partial charge in [0.15, 0.2) is 5.78 Å². The summed E-state index contributed by atoms with van der Waals surface area (Å²) in [5, 5.41) is 0. The zero-order chi connectivity index (χ0) is 11.6. The summed E-state index contributed by atoms with van der Waals surface area (Å²) in [7, 11) is 0. The molecule has 0 bridgehead atoms. The average Bonchev–Trinajstić information content (AvgIpc) is 2.20. The molecule has 15 heavy (non-hydrogen) atoms. The average molecular weight is 205 g/mol. The number of carbonyl (C=O) groups excluding carboxylic acids is 1. The number of hydrogen-bond donors (Lipinski definition) is 1. The Morgan fingerprint density at radius 1 is 1.13 bits per heavy atom. The van der Waals surface area contributed by atoms with E-state index >= 15 is 0 Å². The highest BCUT2D eigenvalue weighted by Gasteiger charge is 2.12. The number of aryl methyl sites for hydroxylation is 1. The SMILES string of the molecule is Cc1cc(C(=O)CCN)c(C)c(C)c1C. The molecular formula is C13H19NO. The first-order chi connectivity index (χ1) is 6.99. The van der Waals surface area contributed by atoms with Gasteiger partial charge in [-0.25, -0.2) is 0 Å². The molecule has 0 aliphatic carbocycles. The number of benzene rings is 1. The van der Waals surface area contributed by atoms with Crippen molar-refractivity contribution in [3.05, 3.63) is 33.9 Å². The van der Waals surface area contributed by atoms with Crippen molar-refractivity contribution in [1.82, 2.24) is 0 Å². The van der Waals surface area contributed by atoms with Crippen molar-refractivity contribution in [3.63, 3.8) is 0 Å². The highest BCUT2D eigenvalue weighted by Crippen LogP contribution is 2.22. The standard InChI is InChI=1S/C13H19NO/c1-8-7-12(13(15)5-6-14)11(4)10(3)9(8)2/h7H,5-6,14H2,1-4H3. The topological polar surface area (TPSA) is 43.1 Å². The van der Waals surface area contributed by atoms with Crippen LogP contribution in [0.25, 0.3) is 0 Å². The molecule has 1 aromatic rings. The van der Waals surface area contributed by atoms with Gasteiger partial charge >= 0.3 is 0 Å². The Kier molecular flexibility index (Phi) is 3.64. The zero-order valence-electron chi connectivity index (χ0n) is 9.98. The molecule has 0 unspecified atom stereocenters. The van der Waals surface area contributed by atoms with Gasteiger partial charge in [0.1, 0.15) is 0 Å². The van der Waals surface area contributed by atoms with Gasteiger partial charge in [-0.3, -0.25) is 4.79 Å². The highest BCUT2D eigenvalue weighted by atomic mass is 16.1. The largest absolute Gasteiger partial charge is 0.330 e. The monoisotopic (exact) mass is 205 g/mol. The number of Topliss-reactive ketones (excluding diaryl/α,β-unsaturated/α-hetero) is 1. The first-order valence-corrected chi connectivity index (χ1v) is 5.29. The predicted molar refractivity (Wildman–Crippen MR) is 63.4 cm³/mol. The molecule has 0 fully saturated rings. The quantitative estimate of drug-likeness (QED) is 0.770. The van der Waals surface area contributed by atoms with Crippen LogP contribution in [0.15, 0.2) is 6.07 Å². The molecule has 2 N–H and O–H groups in total. The summed E-state index contributed by atoms with van der Waals surface area (Å²) >= 11 is 0. The van der Waals surface area contributed by atoms with E-state index in [9.17, 15) is 4.79 Å². The van der Waals surface area contributed by atoms with Crippen LogP contribution in [0.1, 0.15) is 39.0 Å². The summed E-state index contributed by atoms with van der Waals surface area (Å²) in [4.78, 5) is 11.8. The first kappa shape index (κ1) is 11.9. The number of carbonyl (C=O) groups is 1. The molecule has 1 aromatic carbocycles. The summed E-state index contributed by atoms with van der Waals surface area (Å²) in [6.45, 7) is 8.63. The Hall–Kier alpha value is -1.15. The van der Waals surface area contributed by atoms with Crippen molar-refractivity contribution in [1.29, 1.82) is 0 Å². The molecule has 0 aliphatic heterocycles. The molecular weight excluding hydrogens is 186 g/mol. The maximum atomic E-state index is 11.8. The van der Waals surface area contributed by atoms with Gasteiger partial charge in [-0.1, -0.05) is 0 Å². The molecule has 0 saturated heterocycles. The first-order valence-electron chi connectivity index (χ1n) is 5.29. The molecule has 0 spiro atoms. The fourth-order valence-corrected chi connectivity index (χ4v) is 1.77. The minimum absolute atomic E-state index is 0.154. The summed E-state index contributed by atoms with van der Waals surface area (Å²) in [6.07, 6.45) is 0.433. The van der Waals surface area contributed by atoms with E-state index in [2.05, 4.69) is 13.8 Å². The summed E-state index contributed by atoms with van der Waals surface area (Å²) in [5.74, 6) is 0.154. The lowest BCUT2D eigenvalue weighted by Crippen LogP contribution is -2.11. The maximum absolute atomic E-state index is 11.8. The summed E-state index contributed by atoms with van der Waals surface area (Å²) in [5.41, 5.74) is 11.0. The van der Waals surface area contributed by atoms with Crippen molar-refractivity contribution in [2.24, 2.45) is 5.73 Å². The third-order valence-corrected chi connectivity index (χ3v) is 3.15. The van der Waals surface area contributed by atoms with Crippen molar-refractivity contribution in [2.45, 2.75) is 34.1 Å². The van der Waals surface area contributed by atoms with Crippen LogP contribution in [0, 0.1) is 27.7 Å². The van der Waals surface area contributed by atoms with Gasteiger partial charge < -0.3 is 5.73 Å². The Balaban J connectivity index is 3.26. The van der Waals surface area contributed by atoms with E-state index in [1.165, 1.54) is 16.7 Å². The third kappa shape index (κ3) is 2.26.